The van der Waals surface area contributed by atoms with Gasteiger partial charge in [0.05, 0.1) is 17.5 Å². The average Bonchev–Trinajstić information content (AvgIpc) is 2.49. The minimum Gasteiger partial charge on any atom is -0.511 e. The first-order chi connectivity index (χ1) is 12.0. The second-order valence-corrected chi connectivity index (χ2v) is 8.67. The number of ketones is 2. The molecule has 1 saturated carbocycles. The van der Waals surface area contributed by atoms with Crippen LogP contribution in [0.2, 0.25) is 0 Å². The van der Waals surface area contributed by atoms with Crippen molar-refractivity contribution in [2.45, 2.75) is 52.9 Å². The van der Waals surface area contributed by atoms with E-state index in [9.17, 15) is 23.1 Å². The maximum absolute atomic E-state index is 12.4. The summed E-state index contributed by atoms with van der Waals surface area (Å²) < 4.78 is 25.9. The number of hydrogen-bond donors (Lipinski definition) is 2. The molecule has 0 heterocycles. The van der Waals surface area contributed by atoms with Gasteiger partial charge in [0.15, 0.2) is 11.6 Å². The first-order valence-electron chi connectivity index (χ1n) is 8.53. The van der Waals surface area contributed by atoms with Gasteiger partial charge in [-0.05, 0) is 48.9 Å². The Labute approximate surface area is 154 Å². The lowest BCUT2D eigenvalue weighted by Gasteiger charge is -2.27. The van der Waals surface area contributed by atoms with Crippen molar-refractivity contribution in [2.75, 3.05) is 11.0 Å². The molecule has 1 aromatic carbocycles. The third-order valence-electron chi connectivity index (χ3n) is 4.77. The van der Waals surface area contributed by atoms with E-state index in [4.69, 9.17) is 0 Å². The highest BCUT2D eigenvalue weighted by molar-refractivity contribution is 7.92. The molecule has 0 unspecified atom stereocenters. The van der Waals surface area contributed by atoms with Gasteiger partial charge in [0.2, 0.25) is 10.0 Å². The zero-order chi connectivity index (χ0) is 19.8. The lowest BCUT2D eigenvalue weighted by Crippen LogP contribution is -2.27. The summed E-state index contributed by atoms with van der Waals surface area (Å²) in [6, 6.07) is 1.86. The maximum atomic E-state index is 12.4. The van der Waals surface area contributed by atoms with Gasteiger partial charge >= 0.3 is 0 Å². The fourth-order valence-electron chi connectivity index (χ4n) is 3.75. The van der Waals surface area contributed by atoms with Gasteiger partial charge in [0.25, 0.3) is 0 Å². The molecule has 0 radical (unpaired) electrons. The SMILES string of the molecule is CCC(O)=C1C(=O)CC(c2c(C)cc(C)c(NS(C)(=O)=O)c2C)CC1=O. The minimum atomic E-state index is -3.45. The van der Waals surface area contributed by atoms with Crippen LogP contribution in [0.15, 0.2) is 17.4 Å². The molecular formula is C19H25NO5S. The zero-order valence-electron chi connectivity index (χ0n) is 15.8. The van der Waals surface area contributed by atoms with Crippen LogP contribution in [-0.4, -0.2) is 31.3 Å². The predicted octanol–water partition coefficient (Wildman–Crippen LogP) is 3.22. The number of carbonyl (C=O) groups excluding carboxylic acids is 2. The Bertz CT molecular complexity index is 892. The Morgan fingerprint density at radius 1 is 1.15 bits per heavy atom. The summed E-state index contributed by atoms with van der Waals surface area (Å²) in [4.78, 5) is 24.9. The molecule has 2 rings (SSSR count). The van der Waals surface area contributed by atoms with E-state index in [0.29, 0.717) is 5.69 Å². The van der Waals surface area contributed by atoms with E-state index < -0.39 is 10.0 Å². The zero-order valence-corrected chi connectivity index (χ0v) is 16.6. The molecule has 0 amide bonds. The number of Topliss-reactive ketones (excluding diaryl/α,β-unsaturated/α-hetero) is 2. The van der Waals surface area contributed by atoms with E-state index in [1.54, 1.807) is 13.8 Å². The Balaban J connectivity index is 2.52. The standard InChI is InChI=1S/C19H25NO5S/c1-6-14(21)18-15(22)8-13(9-16(18)23)17-10(2)7-11(3)19(12(17)4)20-26(5,24)25/h7,13,20-21H,6,8-9H2,1-5H3. The largest absolute Gasteiger partial charge is 0.511 e. The van der Waals surface area contributed by atoms with E-state index >= 15 is 0 Å². The number of benzene rings is 1. The highest BCUT2D eigenvalue weighted by atomic mass is 32.2. The fraction of sp³-hybridized carbons (Fsp3) is 0.474. The number of aryl methyl sites for hydroxylation is 2. The second kappa shape index (κ2) is 7.23. The van der Waals surface area contributed by atoms with Crippen molar-refractivity contribution < 1.29 is 23.1 Å². The van der Waals surface area contributed by atoms with Crippen LogP contribution >= 0.6 is 0 Å². The molecule has 1 aromatic rings. The molecule has 1 aliphatic carbocycles. The number of allylic oxidation sites excluding steroid dienone is 2. The second-order valence-electron chi connectivity index (χ2n) is 6.93. The number of rotatable bonds is 4. The van der Waals surface area contributed by atoms with Crippen LogP contribution in [0.4, 0.5) is 5.69 Å². The number of hydrogen-bond acceptors (Lipinski definition) is 5. The van der Waals surface area contributed by atoms with Crippen LogP contribution in [0.1, 0.15) is 54.4 Å². The average molecular weight is 379 g/mol. The van der Waals surface area contributed by atoms with Crippen LogP contribution in [0, 0.1) is 20.8 Å². The molecule has 0 atom stereocenters. The number of aliphatic hydroxyl groups is 1. The van der Waals surface area contributed by atoms with Gasteiger partial charge in [-0.25, -0.2) is 8.42 Å². The summed E-state index contributed by atoms with van der Waals surface area (Å²) in [5, 5.41) is 9.86. The van der Waals surface area contributed by atoms with Gasteiger partial charge in [-0.2, -0.15) is 0 Å². The normalized spacial score (nSPS) is 18.2. The Morgan fingerprint density at radius 2 is 1.69 bits per heavy atom. The highest BCUT2D eigenvalue weighted by Gasteiger charge is 2.35. The van der Waals surface area contributed by atoms with Crippen molar-refractivity contribution in [3.63, 3.8) is 0 Å². The van der Waals surface area contributed by atoms with Crippen LogP contribution < -0.4 is 4.72 Å². The summed E-state index contributed by atoms with van der Waals surface area (Å²) >= 11 is 0. The Hall–Kier alpha value is -2.15. The molecule has 0 aliphatic heterocycles. The monoisotopic (exact) mass is 379 g/mol. The molecule has 0 aromatic heterocycles. The lowest BCUT2D eigenvalue weighted by atomic mass is 9.76. The van der Waals surface area contributed by atoms with E-state index in [2.05, 4.69) is 4.72 Å². The van der Waals surface area contributed by atoms with Crippen LogP contribution in [0.25, 0.3) is 0 Å². The topological polar surface area (TPSA) is 101 Å². The molecule has 6 nitrogen and oxygen atoms in total. The minimum absolute atomic E-state index is 0.0827. The van der Waals surface area contributed by atoms with E-state index in [-0.39, 0.29) is 48.1 Å². The third-order valence-corrected chi connectivity index (χ3v) is 5.35. The van der Waals surface area contributed by atoms with E-state index in [1.165, 1.54) is 0 Å². The van der Waals surface area contributed by atoms with Gasteiger partial charge in [-0.3, -0.25) is 14.3 Å². The lowest BCUT2D eigenvalue weighted by molar-refractivity contribution is -0.124. The molecule has 0 spiro atoms. The molecule has 1 aliphatic rings. The van der Waals surface area contributed by atoms with Gasteiger partial charge in [-0.15, -0.1) is 0 Å². The van der Waals surface area contributed by atoms with Gasteiger partial charge in [0.1, 0.15) is 5.76 Å². The number of anilines is 1. The smallest absolute Gasteiger partial charge is 0.229 e. The van der Waals surface area contributed by atoms with Crippen LogP contribution in [-0.2, 0) is 19.6 Å². The number of aliphatic hydroxyl groups excluding tert-OH is 1. The first kappa shape index (κ1) is 20.2. The summed E-state index contributed by atoms with van der Waals surface area (Å²) in [5.41, 5.74) is 3.65. The maximum Gasteiger partial charge on any atom is 0.229 e. The van der Waals surface area contributed by atoms with E-state index in [0.717, 1.165) is 28.5 Å². The molecule has 1 fully saturated rings. The molecule has 26 heavy (non-hydrogen) atoms. The summed E-state index contributed by atoms with van der Waals surface area (Å²) in [6.45, 7) is 7.19. The molecule has 2 N–H and O–H groups in total. The quantitative estimate of drug-likeness (QED) is 0.475. The van der Waals surface area contributed by atoms with Gasteiger partial charge in [0, 0.05) is 19.3 Å². The number of carbonyl (C=O) groups is 2. The third kappa shape index (κ3) is 3.98. The molecule has 0 bridgehead atoms. The predicted molar refractivity (Wildman–Crippen MR) is 101 cm³/mol. The summed E-state index contributed by atoms with van der Waals surface area (Å²) in [7, 11) is -3.45. The van der Waals surface area contributed by atoms with Crippen molar-refractivity contribution in [3.8, 4) is 0 Å². The van der Waals surface area contributed by atoms with E-state index in [1.807, 2.05) is 19.9 Å². The van der Waals surface area contributed by atoms with Crippen LogP contribution in [0.3, 0.4) is 0 Å². The van der Waals surface area contributed by atoms with Gasteiger partial charge < -0.3 is 5.11 Å². The molecule has 0 saturated heterocycles. The van der Waals surface area contributed by atoms with Crippen molar-refractivity contribution in [3.05, 3.63) is 39.7 Å². The van der Waals surface area contributed by atoms with Crippen molar-refractivity contribution in [1.29, 1.82) is 0 Å². The van der Waals surface area contributed by atoms with Crippen molar-refractivity contribution in [2.24, 2.45) is 0 Å². The highest BCUT2D eigenvalue weighted by Crippen LogP contribution is 2.39. The number of nitrogens with one attached hydrogen (secondary N) is 1. The van der Waals surface area contributed by atoms with Crippen molar-refractivity contribution in [1.82, 2.24) is 0 Å². The summed E-state index contributed by atoms with van der Waals surface area (Å²) in [6.07, 6.45) is 1.56. The van der Waals surface area contributed by atoms with Gasteiger partial charge in [-0.1, -0.05) is 13.0 Å². The summed E-state index contributed by atoms with van der Waals surface area (Å²) in [5.74, 6) is -1.20. The fourth-order valence-corrected chi connectivity index (χ4v) is 4.44. The molecular weight excluding hydrogens is 354 g/mol. The Kier molecular flexibility index (Phi) is 5.61. The molecule has 142 valence electrons. The van der Waals surface area contributed by atoms with Crippen LogP contribution in [0.5, 0.6) is 0 Å². The Morgan fingerprint density at radius 3 is 2.15 bits per heavy atom. The first-order valence-corrected chi connectivity index (χ1v) is 10.4. The number of sulfonamides is 1. The van der Waals surface area contributed by atoms with Crippen molar-refractivity contribution >= 4 is 27.3 Å². The molecule has 7 heteroatoms.